The number of nitrogens with zero attached hydrogens (tertiary/aromatic N) is 3. The van der Waals surface area contributed by atoms with Crippen molar-refractivity contribution >= 4 is 67.6 Å². The van der Waals surface area contributed by atoms with Crippen LogP contribution >= 0.6 is 35.2 Å². The molecule has 7 nitrogen and oxygen atoms in total. The Hall–Kier alpha value is -2.75. The highest BCUT2D eigenvalue weighted by atomic mass is 35.5. The van der Waals surface area contributed by atoms with Crippen molar-refractivity contribution in [1.82, 2.24) is 9.80 Å². The molecule has 1 saturated heterocycles. The summed E-state index contributed by atoms with van der Waals surface area (Å²) in [6.45, 7) is 4.44. The molecule has 0 saturated carbocycles. The lowest BCUT2D eigenvalue weighted by atomic mass is 10.1. The molecule has 178 valence electrons. The molecule has 4 rings (SSSR count). The lowest BCUT2D eigenvalue weighted by Gasteiger charge is -2.36. The van der Waals surface area contributed by atoms with Crippen molar-refractivity contribution in [1.29, 1.82) is 0 Å². The quantitative estimate of drug-likeness (QED) is 0.247. The Balaban J connectivity index is 1.36. The minimum Gasteiger partial charge on any atom is -0.345 e. The number of fused-ring (bicyclic) bond motifs is 1. The van der Waals surface area contributed by atoms with Crippen LogP contribution < -0.4 is 5.32 Å². The number of nitro groups is 1. The van der Waals surface area contributed by atoms with Crippen molar-refractivity contribution < 1.29 is 9.72 Å². The zero-order valence-electron chi connectivity index (χ0n) is 18.8. The number of thiocarbonyl (C=S) groups is 1. The third-order valence-electron chi connectivity index (χ3n) is 5.90. The molecular formula is C24H25ClN4O3S2. The number of carbonyl (C=O) groups excluding carboxylic acids is 1. The second-order valence-electron chi connectivity index (χ2n) is 8.19. The predicted octanol–water partition coefficient (Wildman–Crippen LogP) is 5.96. The molecule has 10 heteroatoms. The maximum Gasteiger partial charge on any atom is 0.270 e. The van der Waals surface area contributed by atoms with Gasteiger partial charge in [0.25, 0.3) is 11.6 Å². The molecule has 1 N–H and O–H groups in total. The smallest absolute Gasteiger partial charge is 0.270 e. The number of rotatable bonds is 6. The van der Waals surface area contributed by atoms with Crippen molar-refractivity contribution in [2.24, 2.45) is 0 Å². The average molecular weight is 517 g/mol. The number of hydrogen-bond acceptors (Lipinski definition) is 5. The molecule has 0 radical (unpaired) electrons. The zero-order chi connectivity index (χ0) is 24.2. The number of hydrogen-bond donors (Lipinski definition) is 1. The third kappa shape index (κ3) is 5.32. The van der Waals surface area contributed by atoms with E-state index in [9.17, 15) is 14.9 Å². The van der Waals surface area contributed by atoms with E-state index < -0.39 is 4.92 Å². The van der Waals surface area contributed by atoms with E-state index >= 15 is 0 Å². The molecule has 1 amide bonds. The highest BCUT2D eigenvalue weighted by molar-refractivity contribution is 7.80. The van der Waals surface area contributed by atoms with Crippen LogP contribution in [0.15, 0.2) is 42.5 Å². The lowest BCUT2D eigenvalue weighted by Crippen LogP contribution is -2.51. The van der Waals surface area contributed by atoms with Gasteiger partial charge in [0, 0.05) is 54.1 Å². The number of piperazine rings is 1. The van der Waals surface area contributed by atoms with Crippen molar-refractivity contribution in [2.45, 2.75) is 26.2 Å². The lowest BCUT2D eigenvalue weighted by molar-refractivity contribution is -0.384. The largest absolute Gasteiger partial charge is 0.345 e. The summed E-state index contributed by atoms with van der Waals surface area (Å²) in [5.41, 5.74) is 2.25. The second-order valence-corrected chi connectivity index (χ2v) is 10.0. The number of carbonyl (C=O) groups is 1. The molecule has 1 fully saturated rings. The first-order valence-electron chi connectivity index (χ1n) is 11.2. The first-order chi connectivity index (χ1) is 16.4. The normalized spacial score (nSPS) is 13.8. The fraction of sp³-hybridized carbons (Fsp3) is 0.333. The Morgan fingerprint density at radius 3 is 2.47 bits per heavy atom. The minimum atomic E-state index is -0.453. The molecule has 2 aromatic carbocycles. The van der Waals surface area contributed by atoms with Gasteiger partial charge in [-0.2, -0.15) is 0 Å². The van der Waals surface area contributed by atoms with Gasteiger partial charge in [-0.15, -0.1) is 11.3 Å². The van der Waals surface area contributed by atoms with E-state index in [1.165, 1.54) is 41.9 Å². The fourth-order valence-corrected chi connectivity index (χ4v) is 5.71. The predicted molar refractivity (Wildman–Crippen MR) is 142 cm³/mol. The van der Waals surface area contributed by atoms with Gasteiger partial charge in [-0.3, -0.25) is 14.9 Å². The number of nitrogens with one attached hydrogen (secondary N) is 1. The van der Waals surface area contributed by atoms with Crippen LogP contribution in [0.2, 0.25) is 5.02 Å². The number of non-ortho nitro benzene ring substituents is 1. The number of unbranched alkanes of at least 4 members (excludes halogenated alkanes) is 1. The summed E-state index contributed by atoms with van der Waals surface area (Å²) in [6, 6.07) is 12.8. The van der Waals surface area contributed by atoms with Crippen molar-refractivity contribution in [3.05, 3.63) is 68.0 Å². The maximum atomic E-state index is 13.1. The van der Waals surface area contributed by atoms with Gasteiger partial charge in [-0.05, 0) is 48.8 Å². The highest BCUT2D eigenvalue weighted by Gasteiger charge is 2.27. The number of aryl methyl sites for hydroxylation is 1. The first kappa shape index (κ1) is 24.4. The van der Waals surface area contributed by atoms with Crippen molar-refractivity contribution in [3.63, 3.8) is 0 Å². The van der Waals surface area contributed by atoms with E-state index in [4.69, 9.17) is 23.8 Å². The summed E-state index contributed by atoms with van der Waals surface area (Å²) in [6.07, 6.45) is 3.44. The van der Waals surface area contributed by atoms with Crippen LogP contribution in [-0.4, -0.2) is 51.9 Å². The Morgan fingerprint density at radius 1 is 1.15 bits per heavy atom. The number of halogens is 1. The van der Waals surface area contributed by atoms with E-state index in [0.29, 0.717) is 51.3 Å². The van der Waals surface area contributed by atoms with E-state index in [-0.39, 0.29) is 11.6 Å². The van der Waals surface area contributed by atoms with E-state index in [1.807, 2.05) is 12.1 Å². The molecule has 1 aliphatic heterocycles. The molecule has 0 unspecified atom stereocenters. The van der Waals surface area contributed by atoms with Crippen LogP contribution in [-0.2, 0) is 6.42 Å². The molecule has 0 bridgehead atoms. The van der Waals surface area contributed by atoms with Gasteiger partial charge in [0.15, 0.2) is 5.11 Å². The summed E-state index contributed by atoms with van der Waals surface area (Å²) in [7, 11) is 0. The molecule has 0 atom stereocenters. The SMILES string of the molecule is CCCCc1ccc(NC(=S)N2CCN(C(=O)c3sc4cc([N+](=O)[O-])ccc4c3Cl)CC2)cc1. The zero-order valence-corrected chi connectivity index (χ0v) is 21.1. The summed E-state index contributed by atoms with van der Waals surface area (Å²) < 4.78 is 0.632. The molecule has 0 spiro atoms. The fourth-order valence-electron chi connectivity index (χ4n) is 3.90. The van der Waals surface area contributed by atoms with Crippen LogP contribution in [0.25, 0.3) is 10.1 Å². The Kier molecular flexibility index (Phi) is 7.65. The van der Waals surface area contributed by atoms with Gasteiger partial charge in [0.2, 0.25) is 0 Å². The third-order valence-corrected chi connectivity index (χ3v) is 7.90. The van der Waals surface area contributed by atoms with Gasteiger partial charge in [0.1, 0.15) is 4.88 Å². The summed E-state index contributed by atoms with van der Waals surface area (Å²) >= 11 is 13.2. The molecule has 2 heterocycles. The Morgan fingerprint density at radius 2 is 1.82 bits per heavy atom. The number of amides is 1. The van der Waals surface area contributed by atoms with Gasteiger partial charge in [0.05, 0.1) is 9.95 Å². The van der Waals surface area contributed by atoms with E-state index in [0.717, 1.165) is 12.1 Å². The number of benzene rings is 2. The van der Waals surface area contributed by atoms with Gasteiger partial charge in [-0.25, -0.2) is 0 Å². The molecular weight excluding hydrogens is 492 g/mol. The molecule has 0 aliphatic carbocycles. The maximum absolute atomic E-state index is 13.1. The Bertz CT molecular complexity index is 1220. The minimum absolute atomic E-state index is 0.0189. The van der Waals surface area contributed by atoms with Crippen molar-refractivity contribution in [2.75, 3.05) is 31.5 Å². The van der Waals surface area contributed by atoms with E-state index in [1.54, 1.807) is 11.0 Å². The Labute approximate surface area is 212 Å². The van der Waals surface area contributed by atoms with Gasteiger partial charge < -0.3 is 15.1 Å². The van der Waals surface area contributed by atoms with Gasteiger partial charge in [-0.1, -0.05) is 37.1 Å². The summed E-state index contributed by atoms with van der Waals surface area (Å²) in [4.78, 5) is 28.0. The standard InChI is InChI=1S/C24H25ClN4O3S2/c1-2-3-4-16-5-7-17(8-6-16)26-24(33)28-13-11-27(12-14-28)23(30)22-21(25)19-10-9-18(29(31)32)15-20(19)34-22/h5-10,15H,2-4,11-14H2,1H3,(H,26,33). The first-order valence-corrected chi connectivity index (χ1v) is 12.8. The number of anilines is 1. The van der Waals surface area contributed by atoms with Crippen LogP contribution in [0.3, 0.4) is 0 Å². The van der Waals surface area contributed by atoms with Crippen LogP contribution in [0.5, 0.6) is 0 Å². The summed E-state index contributed by atoms with van der Waals surface area (Å²) in [5, 5.41) is 16.0. The molecule has 1 aromatic heterocycles. The molecule has 34 heavy (non-hydrogen) atoms. The average Bonchev–Trinajstić information content (AvgIpc) is 3.19. The van der Waals surface area contributed by atoms with Crippen LogP contribution in [0.4, 0.5) is 11.4 Å². The van der Waals surface area contributed by atoms with E-state index in [2.05, 4.69) is 29.3 Å². The number of thiophene rings is 1. The second kappa shape index (κ2) is 10.7. The monoisotopic (exact) mass is 516 g/mol. The summed E-state index contributed by atoms with van der Waals surface area (Å²) in [5.74, 6) is -0.157. The van der Waals surface area contributed by atoms with Gasteiger partial charge >= 0.3 is 0 Å². The van der Waals surface area contributed by atoms with Crippen LogP contribution in [0.1, 0.15) is 35.0 Å². The topological polar surface area (TPSA) is 78.7 Å². The van der Waals surface area contributed by atoms with Crippen LogP contribution in [0, 0.1) is 10.1 Å². The molecule has 1 aliphatic rings. The molecule has 3 aromatic rings. The highest BCUT2D eigenvalue weighted by Crippen LogP contribution is 2.38. The number of nitro benzene ring substituents is 1. The van der Waals surface area contributed by atoms with Crippen molar-refractivity contribution in [3.8, 4) is 0 Å².